The lowest BCUT2D eigenvalue weighted by molar-refractivity contribution is -0.148. The van der Waals surface area contributed by atoms with Crippen LogP contribution in [0.1, 0.15) is 32.1 Å². The Morgan fingerprint density at radius 3 is 2.32 bits per heavy atom. The lowest BCUT2D eigenvalue weighted by Crippen LogP contribution is -2.40. The lowest BCUT2D eigenvalue weighted by Gasteiger charge is -2.32. The summed E-state index contributed by atoms with van der Waals surface area (Å²) in [6, 6.07) is 6.45. The van der Waals surface area contributed by atoms with Crippen LogP contribution in [0.4, 0.5) is 13.2 Å². The fourth-order valence-corrected chi connectivity index (χ4v) is 4.76. The standard InChI is InChI=1S/C20H28F3NO3S/c1-28(25,26)19-4-2-18(3-5-19)27-11-8-16-13-17(16)12-15-6-9-24(10-7-15)14-20(21,22)23/h2-5,15-17H,6-14H2,1H3. The van der Waals surface area contributed by atoms with Crippen LogP contribution in [0.3, 0.4) is 0 Å². The molecule has 1 aliphatic carbocycles. The van der Waals surface area contributed by atoms with Gasteiger partial charge in [-0.15, -0.1) is 0 Å². The van der Waals surface area contributed by atoms with Crippen LogP contribution in [0.2, 0.25) is 0 Å². The van der Waals surface area contributed by atoms with Crippen LogP contribution >= 0.6 is 0 Å². The van der Waals surface area contributed by atoms with Crippen molar-refractivity contribution in [2.24, 2.45) is 17.8 Å². The fraction of sp³-hybridized carbons (Fsp3) is 0.700. The van der Waals surface area contributed by atoms with E-state index in [1.807, 2.05) is 0 Å². The van der Waals surface area contributed by atoms with Crippen molar-refractivity contribution in [3.8, 4) is 5.75 Å². The normalized spacial score (nSPS) is 24.3. The highest BCUT2D eigenvalue weighted by atomic mass is 32.2. The zero-order chi connectivity index (χ0) is 20.4. The van der Waals surface area contributed by atoms with E-state index in [4.69, 9.17) is 4.74 Å². The van der Waals surface area contributed by atoms with Gasteiger partial charge in [-0.05, 0) is 87.2 Å². The molecule has 2 atom stereocenters. The van der Waals surface area contributed by atoms with Crippen molar-refractivity contribution in [1.82, 2.24) is 4.90 Å². The summed E-state index contributed by atoms with van der Waals surface area (Å²) in [6.45, 7) is 0.917. The second-order valence-electron chi connectivity index (χ2n) is 8.21. The minimum Gasteiger partial charge on any atom is -0.494 e. The van der Waals surface area contributed by atoms with Gasteiger partial charge in [0.25, 0.3) is 0 Å². The highest BCUT2D eigenvalue weighted by Crippen LogP contribution is 2.47. The predicted molar refractivity (Wildman–Crippen MR) is 101 cm³/mol. The first kappa shape index (κ1) is 21.4. The molecule has 8 heteroatoms. The van der Waals surface area contributed by atoms with Gasteiger partial charge in [0, 0.05) is 6.26 Å². The van der Waals surface area contributed by atoms with Crippen LogP contribution in [0.25, 0.3) is 0 Å². The molecule has 0 radical (unpaired) electrons. The summed E-state index contributed by atoms with van der Waals surface area (Å²) in [5.74, 6) is 2.53. The number of likely N-dealkylation sites (tertiary alicyclic amines) is 1. The second kappa shape index (κ2) is 8.61. The molecular formula is C20H28F3NO3S. The van der Waals surface area contributed by atoms with Gasteiger partial charge in [0.05, 0.1) is 18.0 Å². The van der Waals surface area contributed by atoms with Crippen molar-refractivity contribution in [3.05, 3.63) is 24.3 Å². The molecule has 0 aromatic heterocycles. The Morgan fingerprint density at radius 2 is 1.75 bits per heavy atom. The molecule has 1 aliphatic heterocycles. The molecule has 0 amide bonds. The van der Waals surface area contributed by atoms with E-state index in [-0.39, 0.29) is 4.90 Å². The Bertz CT molecular complexity index is 741. The Morgan fingerprint density at radius 1 is 1.11 bits per heavy atom. The van der Waals surface area contributed by atoms with Crippen molar-refractivity contribution < 1.29 is 26.3 Å². The first-order chi connectivity index (χ1) is 13.1. The number of rotatable bonds is 8. The molecular weight excluding hydrogens is 391 g/mol. The number of nitrogens with zero attached hydrogens (tertiary/aromatic N) is 1. The first-order valence-corrected chi connectivity index (χ1v) is 11.7. The van der Waals surface area contributed by atoms with Gasteiger partial charge in [0.2, 0.25) is 0 Å². The van der Waals surface area contributed by atoms with E-state index in [1.54, 1.807) is 24.3 Å². The second-order valence-corrected chi connectivity index (χ2v) is 10.2. The molecule has 4 nitrogen and oxygen atoms in total. The van der Waals surface area contributed by atoms with Crippen molar-refractivity contribution in [2.75, 3.05) is 32.5 Å². The summed E-state index contributed by atoms with van der Waals surface area (Å²) in [5.41, 5.74) is 0. The van der Waals surface area contributed by atoms with E-state index < -0.39 is 22.6 Å². The van der Waals surface area contributed by atoms with Crippen molar-refractivity contribution >= 4 is 9.84 Å². The quantitative estimate of drug-likeness (QED) is 0.635. The summed E-state index contributed by atoms with van der Waals surface area (Å²) in [7, 11) is -3.19. The molecule has 0 spiro atoms. The van der Waals surface area contributed by atoms with Crippen LogP contribution in [0.15, 0.2) is 29.2 Å². The number of benzene rings is 1. The van der Waals surface area contributed by atoms with E-state index in [1.165, 1.54) is 17.6 Å². The maximum absolute atomic E-state index is 12.4. The number of halogens is 3. The third-order valence-electron chi connectivity index (χ3n) is 5.82. The number of piperidine rings is 1. The molecule has 1 saturated heterocycles. The van der Waals surface area contributed by atoms with Crippen LogP contribution in [-0.2, 0) is 9.84 Å². The molecule has 1 aromatic rings. The zero-order valence-electron chi connectivity index (χ0n) is 16.1. The number of alkyl halides is 3. The van der Waals surface area contributed by atoms with Crippen LogP contribution in [0.5, 0.6) is 5.75 Å². The van der Waals surface area contributed by atoms with Crippen molar-refractivity contribution in [3.63, 3.8) is 0 Å². The molecule has 2 fully saturated rings. The van der Waals surface area contributed by atoms with E-state index in [0.717, 1.165) is 25.7 Å². The molecule has 28 heavy (non-hydrogen) atoms. The highest BCUT2D eigenvalue weighted by molar-refractivity contribution is 7.90. The average molecular weight is 420 g/mol. The monoisotopic (exact) mass is 419 g/mol. The molecule has 1 heterocycles. The van der Waals surface area contributed by atoms with Gasteiger partial charge in [-0.25, -0.2) is 8.42 Å². The van der Waals surface area contributed by atoms with Gasteiger partial charge in [-0.3, -0.25) is 4.90 Å². The summed E-state index contributed by atoms with van der Waals surface area (Å²) < 4.78 is 65.9. The number of ether oxygens (including phenoxy) is 1. The number of hydrogen-bond acceptors (Lipinski definition) is 4. The molecule has 2 unspecified atom stereocenters. The van der Waals surface area contributed by atoms with Crippen LogP contribution in [0, 0.1) is 17.8 Å². The smallest absolute Gasteiger partial charge is 0.401 e. The Labute approximate surface area is 165 Å². The Balaban J connectivity index is 1.31. The van der Waals surface area contributed by atoms with Gasteiger partial charge in [0.15, 0.2) is 9.84 Å². The van der Waals surface area contributed by atoms with Gasteiger partial charge in [-0.2, -0.15) is 13.2 Å². The van der Waals surface area contributed by atoms with Gasteiger partial charge in [0.1, 0.15) is 5.75 Å². The molecule has 0 N–H and O–H groups in total. The zero-order valence-corrected chi connectivity index (χ0v) is 16.9. The lowest BCUT2D eigenvalue weighted by atomic mass is 9.91. The van der Waals surface area contributed by atoms with E-state index >= 15 is 0 Å². The molecule has 0 bridgehead atoms. The fourth-order valence-electron chi connectivity index (χ4n) is 4.13. The van der Waals surface area contributed by atoms with Gasteiger partial charge >= 0.3 is 6.18 Å². The summed E-state index contributed by atoms with van der Waals surface area (Å²) >= 11 is 0. The molecule has 1 saturated carbocycles. The Hall–Kier alpha value is -1.28. The largest absolute Gasteiger partial charge is 0.494 e. The highest BCUT2D eigenvalue weighted by Gasteiger charge is 2.39. The number of sulfone groups is 1. The van der Waals surface area contributed by atoms with Gasteiger partial charge in [-0.1, -0.05) is 0 Å². The summed E-state index contributed by atoms with van der Waals surface area (Å²) in [6.07, 6.45) is 2.07. The Kier molecular flexibility index (Phi) is 6.59. The minimum atomic E-state index is -4.10. The van der Waals surface area contributed by atoms with Crippen molar-refractivity contribution in [1.29, 1.82) is 0 Å². The van der Waals surface area contributed by atoms with Crippen molar-refractivity contribution in [2.45, 2.75) is 43.2 Å². The van der Waals surface area contributed by atoms with Crippen LogP contribution in [-0.4, -0.2) is 52.0 Å². The molecule has 158 valence electrons. The summed E-state index contributed by atoms with van der Waals surface area (Å²) in [4.78, 5) is 1.80. The van der Waals surface area contributed by atoms with Crippen LogP contribution < -0.4 is 4.74 Å². The maximum Gasteiger partial charge on any atom is 0.401 e. The third kappa shape index (κ3) is 6.65. The van der Waals surface area contributed by atoms with Gasteiger partial charge < -0.3 is 4.74 Å². The van der Waals surface area contributed by atoms with E-state index in [2.05, 4.69) is 0 Å². The molecule has 1 aromatic carbocycles. The topological polar surface area (TPSA) is 46.6 Å². The minimum absolute atomic E-state index is 0.281. The first-order valence-electron chi connectivity index (χ1n) is 9.82. The predicted octanol–water partition coefficient (Wildman–Crippen LogP) is 4.16. The van der Waals surface area contributed by atoms with E-state index in [0.29, 0.717) is 43.2 Å². The third-order valence-corrected chi connectivity index (χ3v) is 6.95. The molecule has 2 aliphatic rings. The summed E-state index contributed by atoms with van der Waals surface area (Å²) in [5, 5.41) is 0. The average Bonchev–Trinajstić information content (AvgIpc) is 3.33. The SMILES string of the molecule is CS(=O)(=O)c1ccc(OCCC2CC2CC2CCN(CC(F)(F)F)CC2)cc1. The maximum atomic E-state index is 12.4. The number of hydrogen-bond donors (Lipinski definition) is 0. The van der Waals surface area contributed by atoms with E-state index in [9.17, 15) is 21.6 Å². The molecule has 3 rings (SSSR count).